The molecule has 0 unspecified atom stereocenters. The van der Waals surface area contributed by atoms with Gasteiger partial charge in [0, 0.05) is 13.1 Å². The van der Waals surface area contributed by atoms with E-state index in [1.807, 2.05) is 11.9 Å². The van der Waals surface area contributed by atoms with Gasteiger partial charge in [-0.2, -0.15) is 0 Å². The second-order valence-electron chi connectivity index (χ2n) is 3.57. The lowest BCUT2D eigenvalue weighted by molar-refractivity contribution is 0.297. The first-order valence-electron chi connectivity index (χ1n) is 5.64. The first kappa shape index (κ1) is 12.9. The molecular formula is C10H20N4O2. The van der Waals surface area contributed by atoms with Crippen LogP contribution in [0.4, 0.5) is 6.01 Å². The molecule has 0 aliphatic heterocycles. The van der Waals surface area contributed by atoms with Crippen LogP contribution in [0.25, 0.3) is 0 Å². The van der Waals surface area contributed by atoms with Crippen LogP contribution in [0.1, 0.15) is 25.7 Å². The Kier molecular flexibility index (Phi) is 5.81. The molecule has 0 saturated heterocycles. The highest BCUT2D eigenvalue weighted by atomic mass is 16.4. The zero-order valence-corrected chi connectivity index (χ0v) is 9.94. The molecule has 0 radical (unpaired) electrons. The lowest BCUT2D eigenvalue weighted by atomic mass is 10.3. The van der Waals surface area contributed by atoms with Crippen LogP contribution in [-0.4, -0.2) is 42.0 Å². The standard InChI is InChI=1S/C10H20N4O2/c1-3-4-5-14(6-7-15)10-13-12-9(16-10)8-11-2/h11,15H,3-8H2,1-2H3. The van der Waals surface area contributed by atoms with E-state index in [4.69, 9.17) is 9.52 Å². The van der Waals surface area contributed by atoms with Crippen molar-refractivity contribution in [2.24, 2.45) is 0 Å². The molecule has 1 aromatic rings. The summed E-state index contributed by atoms with van der Waals surface area (Å²) in [6.45, 7) is 4.14. The zero-order valence-electron chi connectivity index (χ0n) is 9.94. The Labute approximate surface area is 95.7 Å². The van der Waals surface area contributed by atoms with E-state index in [0.717, 1.165) is 19.4 Å². The van der Waals surface area contributed by atoms with Gasteiger partial charge in [0.05, 0.1) is 13.2 Å². The van der Waals surface area contributed by atoms with E-state index in [0.29, 0.717) is 25.0 Å². The number of aliphatic hydroxyl groups excluding tert-OH is 1. The Morgan fingerprint density at radius 3 is 2.81 bits per heavy atom. The first-order chi connectivity index (χ1) is 7.81. The average molecular weight is 228 g/mol. The van der Waals surface area contributed by atoms with E-state index in [1.54, 1.807) is 0 Å². The molecule has 1 heterocycles. The minimum absolute atomic E-state index is 0.0907. The number of aromatic nitrogens is 2. The van der Waals surface area contributed by atoms with Crippen LogP contribution < -0.4 is 10.2 Å². The topological polar surface area (TPSA) is 74.4 Å². The number of rotatable bonds is 8. The summed E-state index contributed by atoms with van der Waals surface area (Å²) < 4.78 is 5.47. The van der Waals surface area contributed by atoms with Crippen molar-refractivity contribution in [1.82, 2.24) is 15.5 Å². The summed E-state index contributed by atoms with van der Waals surface area (Å²) in [6, 6.07) is 0.493. The van der Waals surface area contributed by atoms with Gasteiger partial charge in [-0.1, -0.05) is 18.4 Å². The first-order valence-corrected chi connectivity index (χ1v) is 5.64. The smallest absolute Gasteiger partial charge is 0.318 e. The summed E-state index contributed by atoms with van der Waals surface area (Å²) in [6.07, 6.45) is 2.14. The van der Waals surface area contributed by atoms with Crippen LogP contribution in [-0.2, 0) is 6.54 Å². The number of hydrogen-bond acceptors (Lipinski definition) is 6. The second-order valence-corrected chi connectivity index (χ2v) is 3.57. The van der Waals surface area contributed by atoms with Gasteiger partial charge in [-0.25, -0.2) is 0 Å². The maximum absolute atomic E-state index is 8.96. The number of unbranched alkanes of at least 4 members (excludes halogenated alkanes) is 1. The quantitative estimate of drug-likeness (QED) is 0.670. The van der Waals surface area contributed by atoms with Crippen LogP contribution in [0.3, 0.4) is 0 Å². The van der Waals surface area contributed by atoms with Gasteiger partial charge in [0.25, 0.3) is 0 Å². The third kappa shape index (κ3) is 3.79. The van der Waals surface area contributed by atoms with Gasteiger partial charge in [-0.15, -0.1) is 5.10 Å². The fourth-order valence-corrected chi connectivity index (χ4v) is 1.37. The molecule has 0 fully saturated rings. The van der Waals surface area contributed by atoms with Gasteiger partial charge in [0.1, 0.15) is 0 Å². The van der Waals surface area contributed by atoms with Crippen molar-refractivity contribution in [2.75, 3.05) is 31.6 Å². The molecule has 6 heteroatoms. The molecular weight excluding hydrogens is 208 g/mol. The van der Waals surface area contributed by atoms with Gasteiger partial charge >= 0.3 is 6.01 Å². The van der Waals surface area contributed by atoms with Crippen molar-refractivity contribution in [3.05, 3.63) is 5.89 Å². The van der Waals surface area contributed by atoms with Crippen molar-refractivity contribution >= 4 is 6.01 Å². The summed E-state index contributed by atoms with van der Waals surface area (Å²) >= 11 is 0. The molecule has 0 aliphatic carbocycles. The Hall–Kier alpha value is -1.14. The third-order valence-corrected chi connectivity index (χ3v) is 2.21. The van der Waals surface area contributed by atoms with Crippen LogP contribution in [0, 0.1) is 0 Å². The van der Waals surface area contributed by atoms with E-state index in [9.17, 15) is 0 Å². The monoisotopic (exact) mass is 228 g/mol. The number of anilines is 1. The molecule has 0 bridgehead atoms. The van der Waals surface area contributed by atoms with Gasteiger partial charge in [0.15, 0.2) is 0 Å². The summed E-state index contributed by atoms with van der Waals surface area (Å²) in [7, 11) is 1.83. The molecule has 0 amide bonds. The highest BCUT2D eigenvalue weighted by molar-refractivity contribution is 5.23. The maximum atomic E-state index is 8.96. The van der Waals surface area contributed by atoms with E-state index >= 15 is 0 Å². The number of nitrogens with one attached hydrogen (secondary N) is 1. The molecule has 16 heavy (non-hydrogen) atoms. The second kappa shape index (κ2) is 7.19. The Morgan fingerprint density at radius 2 is 2.19 bits per heavy atom. The normalized spacial score (nSPS) is 10.7. The average Bonchev–Trinajstić information content (AvgIpc) is 2.73. The molecule has 2 N–H and O–H groups in total. The Morgan fingerprint density at radius 1 is 1.38 bits per heavy atom. The molecule has 92 valence electrons. The molecule has 0 spiro atoms. The van der Waals surface area contributed by atoms with Gasteiger partial charge in [0.2, 0.25) is 5.89 Å². The van der Waals surface area contributed by atoms with Crippen LogP contribution in [0.2, 0.25) is 0 Å². The van der Waals surface area contributed by atoms with Crippen LogP contribution in [0.5, 0.6) is 0 Å². The molecule has 0 aromatic carbocycles. The summed E-state index contributed by atoms with van der Waals surface area (Å²) in [5.41, 5.74) is 0. The number of aliphatic hydroxyl groups is 1. The minimum Gasteiger partial charge on any atom is -0.407 e. The van der Waals surface area contributed by atoms with Crippen molar-refractivity contribution in [1.29, 1.82) is 0 Å². The zero-order chi connectivity index (χ0) is 11.8. The van der Waals surface area contributed by atoms with Crippen molar-refractivity contribution < 1.29 is 9.52 Å². The molecule has 0 aliphatic rings. The molecule has 6 nitrogen and oxygen atoms in total. The fourth-order valence-electron chi connectivity index (χ4n) is 1.37. The molecule has 0 atom stereocenters. The lowest BCUT2D eigenvalue weighted by Gasteiger charge is -2.18. The Bertz CT molecular complexity index is 290. The van der Waals surface area contributed by atoms with Crippen LogP contribution in [0.15, 0.2) is 4.42 Å². The predicted octanol–water partition coefficient (Wildman–Crippen LogP) is 0.388. The van der Waals surface area contributed by atoms with Gasteiger partial charge in [-0.3, -0.25) is 0 Å². The Balaban J connectivity index is 2.59. The molecule has 0 saturated carbocycles. The maximum Gasteiger partial charge on any atom is 0.318 e. The fraction of sp³-hybridized carbons (Fsp3) is 0.800. The van der Waals surface area contributed by atoms with Gasteiger partial charge in [-0.05, 0) is 13.5 Å². The summed E-state index contributed by atoms with van der Waals surface area (Å²) in [4.78, 5) is 1.91. The van der Waals surface area contributed by atoms with E-state index < -0.39 is 0 Å². The number of hydrogen-bond donors (Lipinski definition) is 2. The van der Waals surface area contributed by atoms with E-state index in [2.05, 4.69) is 22.4 Å². The van der Waals surface area contributed by atoms with Crippen molar-refractivity contribution in [3.63, 3.8) is 0 Å². The molecule has 1 aromatic heterocycles. The van der Waals surface area contributed by atoms with E-state index in [1.165, 1.54) is 0 Å². The van der Waals surface area contributed by atoms with Crippen molar-refractivity contribution in [2.45, 2.75) is 26.3 Å². The summed E-state index contributed by atoms with van der Waals surface area (Å²) in [5.74, 6) is 0.567. The van der Waals surface area contributed by atoms with Crippen molar-refractivity contribution in [3.8, 4) is 0 Å². The molecule has 1 rings (SSSR count). The number of nitrogens with zero attached hydrogens (tertiary/aromatic N) is 3. The summed E-state index contributed by atoms with van der Waals surface area (Å²) in [5, 5.41) is 19.8. The van der Waals surface area contributed by atoms with Crippen LogP contribution >= 0.6 is 0 Å². The largest absolute Gasteiger partial charge is 0.407 e. The minimum atomic E-state index is 0.0907. The highest BCUT2D eigenvalue weighted by Gasteiger charge is 2.12. The highest BCUT2D eigenvalue weighted by Crippen LogP contribution is 2.12. The lowest BCUT2D eigenvalue weighted by Crippen LogP contribution is -2.28. The predicted molar refractivity (Wildman–Crippen MR) is 61.3 cm³/mol. The van der Waals surface area contributed by atoms with E-state index in [-0.39, 0.29) is 6.61 Å². The third-order valence-electron chi connectivity index (χ3n) is 2.21. The SMILES string of the molecule is CCCCN(CCO)c1nnc(CNC)o1. The van der Waals surface area contributed by atoms with Gasteiger partial charge < -0.3 is 19.7 Å².